The molecule has 1 saturated heterocycles. The topological polar surface area (TPSA) is 84.7 Å². The lowest BCUT2D eigenvalue weighted by Crippen LogP contribution is -2.37. The maximum atomic E-state index is 12.6. The first kappa shape index (κ1) is 16.6. The van der Waals surface area contributed by atoms with Gasteiger partial charge in [-0.05, 0) is 31.4 Å². The number of hydrogen-bond acceptors (Lipinski definition) is 5. The summed E-state index contributed by atoms with van der Waals surface area (Å²) in [4.78, 5) is 26.7. The summed E-state index contributed by atoms with van der Waals surface area (Å²) in [6, 6.07) is 7.11. The molecule has 136 valence electrons. The van der Waals surface area contributed by atoms with Crippen LogP contribution in [0.4, 0.5) is 5.69 Å². The van der Waals surface area contributed by atoms with Crippen molar-refractivity contribution >= 4 is 17.5 Å². The average Bonchev–Trinajstić information content (AvgIpc) is 3.25. The van der Waals surface area contributed by atoms with Crippen molar-refractivity contribution in [2.24, 2.45) is 0 Å². The zero-order chi connectivity index (χ0) is 18.1. The molecule has 2 heterocycles. The molecule has 4 rings (SSSR count). The number of anilines is 1. The highest BCUT2D eigenvalue weighted by Crippen LogP contribution is 2.31. The van der Waals surface area contributed by atoms with Crippen molar-refractivity contribution in [3.05, 3.63) is 41.3 Å². The van der Waals surface area contributed by atoms with E-state index in [1.54, 1.807) is 12.0 Å². The molecule has 1 aliphatic heterocycles. The van der Waals surface area contributed by atoms with E-state index in [4.69, 9.17) is 9.26 Å². The van der Waals surface area contributed by atoms with Gasteiger partial charge < -0.3 is 19.5 Å². The van der Waals surface area contributed by atoms with E-state index in [0.29, 0.717) is 18.0 Å². The zero-order valence-electron chi connectivity index (χ0n) is 14.7. The maximum Gasteiger partial charge on any atom is 0.274 e. The molecule has 0 radical (unpaired) electrons. The first-order chi connectivity index (χ1) is 12.7. The minimum atomic E-state index is -0.268. The zero-order valence-corrected chi connectivity index (χ0v) is 14.7. The van der Waals surface area contributed by atoms with E-state index in [-0.39, 0.29) is 24.3 Å². The second-order valence-electron chi connectivity index (χ2n) is 6.69. The molecule has 1 aromatic carbocycles. The van der Waals surface area contributed by atoms with Gasteiger partial charge in [-0.3, -0.25) is 9.59 Å². The van der Waals surface area contributed by atoms with Crippen LogP contribution in [0, 0.1) is 0 Å². The normalized spacial score (nSPS) is 19.3. The highest BCUT2D eigenvalue weighted by molar-refractivity contribution is 5.99. The van der Waals surface area contributed by atoms with E-state index in [9.17, 15) is 9.59 Å². The molecule has 1 N–H and O–H groups in total. The molecule has 0 bridgehead atoms. The highest BCUT2D eigenvalue weighted by atomic mass is 16.5. The number of rotatable bonds is 4. The van der Waals surface area contributed by atoms with Gasteiger partial charge in [0.2, 0.25) is 5.91 Å². The van der Waals surface area contributed by atoms with E-state index in [1.807, 2.05) is 24.3 Å². The summed E-state index contributed by atoms with van der Waals surface area (Å²) in [7, 11) is 1.58. The van der Waals surface area contributed by atoms with E-state index in [2.05, 4.69) is 10.5 Å². The Morgan fingerprint density at radius 2 is 2.12 bits per heavy atom. The van der Waals surface area contributed by atoms with Crippen LogP contribution in [0.1, 0.15) is 41.1 Å². The molecule has 1 aliphatic carbocycles. The van der Waals surface area contributed by atoms with Crippen molar-refractivity contribution in [2.45, 2.75) is 38.1 Å². The first-order valence-electron chi connectivity index (χ1n) is 8.89. The van der Waals surface area contributed by atoms with E-state index >= 15 is 0 Å². The molecular weight excluding hydrogens is 334 g/mol. The summed E-state index contributed by atoms with van der Waals surface area (Å²) in [5.41, 5.74) is 2.00. The van der Waals surface area contributed by atoms with Gasteiger partial charge in [-0.2, -0.15) is 0 Å². The molecule has 1 atom stereocenters. The Balaban J connectivity index is 1.48. The Hall–Kier alpha value is -2.83. The van der Waals surface area contributed by atoms with Gasteiger partial charge in [0.15, 0.2) is 5.69 Å². The van der Waals surface area contributed by atoms with Gasteiger partial charge in [0, 0.05) is 24.9 Å². The monoisotopic (exact) mass is 355 g/mol. The lowest BCUT2D eigenvalue weighted by atomic mass is 9.96. The highest BCUT2D eigenvalue weighted by Gasteiger charge is 2.34. The minimum Gasteiger partial charge on any atom is -0.495 e. The third kappa shape index (κ3) is 2.94. The van der Waals surface area contributed by atoms with Crippen LogP contribution < -0.4 is 15.0 Å². The average molecular weight is 355 g/mol. The number of nitrogens with zero attached hydrogens (tertiary/aromatic N) is 2. The van der Waals surface area contributed by atoms with Crippen molar-refractivity contribution in [3.63, 3.8) is 0 Å². The van der Waals surface area contributed by atoms with Crippen LogP contribution in [0.2, 0.25) is 0 Å². The molecule has 0 unspecified atom stereocenters. The van der Waals surface area contributed by atoms with Gasteiger partial charge >= 0.3 is 0 Å². The third-order valence-corrected chi connectivity index (χ3v) is 5.00. The lowest BCUT2D eigenvalue weighted by molar-refractivity contribution is -0.117. The molecule has 2 aliphatic rings. The van der Waals surface area contributed by atoms with E-state index in [0.717, 1.165) is 42.7 Å². The molecule has 1 fully saturated rings. The largest absolute Gasteiger partial charge is 0.495 e. The van der Waals surface area contributed by atoms with Gasteiger partial charge in [-0.25, -0.2) is 0 Å². The van der Waals surface area contributed by atoms with Gasteiger partial charge in [-0.15, -0.1) is 0 Å². The Morgan fingerprint density at radius 3 is 2.96 bits per heavy atom. The van der Waals surface area contributed by atoms with Gasteiger partial charge in [0.1, 0.15) is 11.5 Å². The number of fused-ring (bicyclic) bond motifs is 1. The van der Waals surface area contributed by atoms with E-state index in [1.165, 1.54) is 0 Å². The summed E-state index contributed by atoms with van der Waals surface area (Å²) in [6.07, 6.45) is 4.01. The fourth-order valence-electron chi connectivity index (χ4n) is 3.71. The number of benzene rings is 1. The molecule has 1 aromatic heterocycles. The number of methoxy groups -OCH3 is 1. The molecule has 26 heavy (non-hydrogen) atoms. The number of carbonyl (C=O) groups is 2. The second kappa shape index (κ2) is 6.82. The van der Waals surface area contributed by atoms with Crippen LogP contribution in [0.5, 0.6) is 5.75 Å². The van der Waals surface area contributed by atoms with Gasteiger partial charge in [0.05, 0.1) is 18.8 Å². The number of hydrogen-bond donors (Lipinski definition) is 1. The van der Waals surface area contributed by atoms with Gasteiger partial charge in [0.25, 0.3) is 5.91 Å². The number of ether oxygens (including phenoxy) is 1. The SMILES string of the molecule is COc1ccccc1N1C[C@@H](NC(=O)c2noc3c2CCCC3)CC1=O. The first-order valence-corrected chi connectivity index (χ1v) is 8.89. The smallest absolute Gasteiger partial charge is 0.274 e. The molecule has 7 nitrogen and oxygen atoms in total. The summed E-state index contributed by atoms with van der Waals surface area (Å²) >= 11 is 0. The fraction of sp³-hybridized carbons (Fsp3) is 0.421. The predicted octanol–water partition coefficient (Wildman–Crippen LogP) is 2.10. The Kier molecular flexibility index (Phi) is 4.36. The molecule has 2 amide bonds. The maximum absolute atomic E-state index is 12.6. The lowest BCUT2D eigenvalue weighted by Gasteiger charge is -2.19. The minimum absolute atomic E-state index is 0.0398. The van der Waals surface area contributed by atoms with Crippen LogP contribution in [-0.2, 0) is 17.6 Å². The van der Waals surface area contributed by atoms with E-state index < -0.39 is 0 Å². The summed E-state index contributed by atoms with van der Waals surface area (Å²) < 4.78 is 10.6. The van der Waals surface area contributed by atoms with Crippen molar-refractivity contribution in [2.75, 3.05) is 18.6 Å². The number of nitrogens with one attached hydrogen (secondary N) is 1. The molecular formula is C19H21N3O4. The van der Waals surface area contributed by atoms with Crippen LogP contribution in [0.25, 0.3) is 0 Å². The number of amides is 2. The number of carbonyl (C=O) groups excluding carboxylic acids is 2. The fourth-order valence-corrected chi connectivity index (χ4v) is 3.71. The van der Waals surface area contributed by atoms with Gasteiger partial charge in [-0.1, -0.05) is 17.3 Å². The number of aromatic nitrogens is 1. The number of para-hydroxylation sites is 2. The van der Waals surface area contributed by atoms with Crippen molar-refractivity contribution < 1.29 is 18.8 Å². The Bertz CT molecular complexity index is 845. The second-order valence-corrected chi connectivity index (χ2v) is 6.69. The van der Waals surface area contributed by atoms with Crippen LogP contribution in [0.15, 0.2) is 28.8 Å². The van der Waals surface area contributed by atoms with Crippen molar-refractivity contribution in [1.82, 2.24) is 10.5 Å². The quantitative estimate of drug-likeness (QED) is 0.908. The summed E-state index contributed by atoms with van der Waals surface area (Å²) in [5.74, 6) is 1.15. The van der Waals surface area contributed by atoms with Crippen LogP contribution in [-0.4, -0.2) is 36.7 Å². The van der Waals surface area contributed by atoms with Crippen LogP contribution in [0.3, 0.4) is 0 Å². The molecule has 0 saturated carbocycles. The summed E-state index contributed by atoms with van der Waals surface area (Å²) in [6.45, 7) is 0.408. The molecule has 0 spiro atoms. The van der Waals surface area contributed by atoms with Crippen LogP contribution >= 0.6 is 0 Å². The Morgan fingerprint density at radius 1 is 1.31 bits per heavy atom. The standard InChI is InChI=1S/C19H21N3O4/c1-25-16-9-5-3-7-14(16)22-11-12(10-17(22)23)20-19(24)18-13-6-2-4-8-15(13)26-21-18/h3,5,7,9,12H,2,4,6,8,10-11H2,1H3,(H,20,24)/t12-/m0/s1. The Labute approximate surface area is 151 Å². The van der Waals surface area contributed by atoms with Crippen molar-refractivity contribution in [1.29, 1.82) is 0 Å². The summed E-state index contributed by atoms with van der Waals surface area (Å²) in [5, 5.41) is 6.89. The number of aryl methyl sites for hydroxylation is 1. The van der Waals surface area contributed by atoms with Crippen molar-refractivity contribution in [3.8, 4) is 5.75 Å². The predicted molar refractivity (Wildman–Crippen MR) is 94.4 cm³/mol. The third-order valence-electron chi connectivity index (χ3n) is 5.00. The molecule has 7 heteroatoms. The molecule has 2 aromatic rings.